The van der Waals surface area contributed by atoms with Gasteiger partial charge in [0.1, 0.15) is 0 Å². The minimum atomic E-state index is -1.07. The zero-order valence-electron chi connectivity index (χ0n) is 10.6. The first-order valence-electron chi connectivity index (χ1n) is 5.77. The molecule has 1 rings (SSSR count). The highest BCUT2D eigenvalue weighted by molar-refractivity contribution is 5.65. The van der Waals surface area contributed by atoms with Gasteiger partial charge in [0, 0.05) is 13.7 Å². The quantitative estimate of drug-likeness (QED) is 0.807. The van der Waals surface area contributed by atoms with Crippen molar-refractivity contribution in [1.82, 2.24) is 4.90 Å². The topological polar surface area (TPSA) is 70.0 Å². The molecule has 5 heteroatoms. The van der Waals surface area contributed by atoms with Gasteiger partial charge in [-0.25, -0.2) is 4.79 Å². The Hall–Kier alpha value is -1.59. The zero-order chi connectivity index (χ0) is 13.5. The maximum absolute atomic E-state index is 11.3. The van der Waals surface area contributed by atoms with Crippen LogP contribution < -0.4 is 0 Å². The molecular weight excluding hydrogens is 234 g/mol. The summed E-state index contributed by atoms with van der Waals surface area (Å²) in [4.78, 5) is 12.5. The molecule has 0 spiro atoms. The molecule has 18 heavy (non-hydrogen) atoms. The number of hydrogen-bond acceptors (Lipinski definition) is 3. The largest absolute Gasteiger partial charge is 0.465 e. The molecule has 0 aliphatic rings. The molecular formula is C13H19NO4. The first-order chi connectivity index (χ1) is 8.60. The third-order valence-electron chi connectivity index (χ3n) is 2.94. The van der Waals surface area contributed by atoms with Crippen LogP contribution in [0.5, 0.6) is 0 Å². The second kappa shape index (κ2) is 6.98. The van der Waals surface area contributed by atoms with Crippen molar-refractivity contribution in [3.05, 3.63) is 35.9 Å². The van der Waals surface area contributed by atoms with Crippen molar-refractivity contribution >= 4 is 6.09 Å². The van der Waals surface area contributed by atoms with E-state index in [1.54, 1.807) is 6.92 Å². The second-order valence-corrected chi connectivity index (χ2v) is 4.09. The van der Waals surface area contributed by atoms with Crippen molar-refractivity contribution in [3.8, 4) is 0 Å². The predicted molar refractivity (Wildman–Crippen MR) is 67.4 cm³/mol. The summed E-state index contributed by atoms with van der Waals surface area (Å²) in [7, 11) is 1.50. The van der Waals surface area contributed by atoms with Gasteiger partial charge in [0.05, 0.1) is 18.8 Å². The summed E-state index contributed by atoms with van der Waals surface area (Å²) in [6.07, 6.45) is -1.43. The van der Waals surface area contributed by atoms with Crippen LogP contribution in [0.1, 0.15) is 12.5 Å². The van der Waals surface area contributed by atoms with E-state index in [4.69, 9.17) is 4.74 Å². The van der Waals surface area contributed by atoms with Crippen LogP contribution in [-0.4, -0.2) is 47.1 Å². The maximum Gasteiger partial charge on any atom is 0.408 e. The predicted octanol–water partition coefficient (Wildman–Crippen LogP) is 1.56. The summed E-state index contributed by atoms with van der Waals surface area (Å²) in [6, 6.07) is 8.69. The van der Waals surface area contributed by atoms with E-state index in [1.807, 2.05) is 30.3 Å². The molecule has 0 unspecified atom stereocenters. The van der Waals surface area contributed by atoms with Gasteiger partial charge in [0.25, 0.3) is 0 Å². The second-order valence-electron chi connectivity index (χ2n) is 4.09. The number of amides is 1. The molecule has 2 N–H and O–H groups in total. The molecule has 1 aromatic carbocycles. The number of methoxy groups -OCH3 is 1. The third-order valence-corrected chi connectivity index (χ3v) is 2.94. The zero-order valence-corrected chi connectivity index (χ0v) is 10.6. The molecule has 0 aliphatic carbocycles. The molecule has 0 aliphatic heterocycles. The Kier molecular flexibility index (Phi) is 5.61. The van der Waals surface area contributed by atoms with Gasteiger partial charge in [-0.05, 0) is 12.5 Å². The van der Waals surface area contributed by atoms with E-state index < -0.39 is 12.1 Å². The van der Waals surface area contributed by atoms with Crippen LogP contribution in [-0.2, 0) is 11.3 Å². The molecule has 1 amide bonds. The van der Waals surface area contributed by atoms with Gasteiger partial charge in [0.2, 0.25) is 0 Å². The van der Waals surface area contributed by atoms with Crippen molar-refractivity contribution in [2.24, 2.45) is 0 Å². The molecule has 1 aromatic rings. The van der Waals surface area contributed by atoms with Crippen molar-refractivity contribution in [2.45, 2.75) is 25.6 Å². The van der Waals surface area contributed by atoms with Gasteiger partial charge in [-0.1, -0.05) is 30.3 Å². The van der Waals surface area contributed by atoms with E-state index in [9.17, 15) is 15.0 Å². The highest BCUT2D eigenvalue weighted by atomic mass is 16.5. The normalized spacial score (nSPS) is 13.9. The third kappa shape index (κ3) is 3.72. The van der Waals surface area contributed by atoms with Crippen LogP contribution in [0.15, 0.2) is 30.3 Å². The van der Waals surface area contributed by atoms with Gasteiger partial charge < -0.3 is 14.9 Å². The lowest BCUT2D eigenvalue weighted by molar-refractivity contribution is 0.00108. The van der Waals surface area contributed by atoms with Crippen molar-refractivity contribution in [1.29, 1.82) is 0 Å². The molecule has 5 nitrogen and oxygen atoms in total. The lowest BCUT2D eigenvalue weighted by Crippen LogP contribution is -2.47. The fraction of sp³-hybridized carbons (Fsp3) is 0.462. The molecule has 0 fully saturated rings. The highest BCUT2D eigenvalue weighted by Crippen LogP contribution is 2.13. The average molecular weight is 253 g/mol. The molecule has 0 bridgehead atoms. The molecule has 0 saturated heterocycles. The smallest absolute Gasteiger partial charge is 0.408 e. The van der Waals surface area contributed by atoms with Crippen LogP contribution in [0.25, 0.3) is 0 Å². The lowest BCUT2D eigenvalue weighted by atomic mass is 10.1. The van der Waals surface area contributed by atoms with Crippen LogP contribution in [0.2, 0.25) is 0 Å². The van der Waals surface area contributed by atoms with E-state index in [-0.39, 0.29) is 19.3 Å². The molecule has 0 heterocycles. The summed E-state index contributed by atoms with van der Waals surface area (Å²) in [5.41, 5.74) is 0.877. The lowest BCUT2D eigenvalue weighted by Gasteiger charge is -2.31. The van der Waals surface area contributed by atoms with E-state index in [0.717, 1.165) is 5.56 Å². The van der Waals surface area contributed by atoms with Crippen LogP contribution in [0.3, 0.4) is 0 Å². The van der Waals surface area contributed by atoms with Crippen LogP contribution in [0, 0.1) is 0 Å². The van der Waals surface area contributed by atoms with Crippen LogP contribution >= 0.6 is 0 Å². The monoisotopic (exact) mass is 253 g/mol. The van der Waals surface area contributed by atoms with Crippen molar-refractivity contribution in [3.63, 3.8) is 0 Å². The van der Waals surface area contributed by atoms with Gasteiger partial charge >= 0.3 is 6.09 Å². The number of aliphatic hydroxyl groups is 1. The van der Waals surface area contributed by atoms with Gasteiger partial charge in [-0.2, -0.15) is 0 Å². The molecule has 0 radical (unpaired) electrons. The van der Waals surface area contributed by atoms with Gasteiger partial charge in [0.15, 0.2) is 0 Å². The summed E-state index contributed by atoms with van der Waals surface area (Å²) in [6.45, 7) is 1.70. The minimum absolute atomic E-state index is 0.231. The number of nitrogens with zero attached hydrogens (tertiary/aromatic N) is 1. The SMILES string of the molecule is CO[C@@H](C)[C@@H](CO)N(Cc1ccccc1)C(=O)O. The van der Waals surface area contributed by atoms with Crippen molar-refractivity contribution < 1.29 is 19.7 Å². The van der Waals surface area contributed by atoms with E-state index in [1.165, 1.54) is 12.0 Å². The summed E-state index contributed by atoms with van der Waals surface area (Å²) in [5.74, 6) is 0. The Labute approximate surface area is 107 Å². The Morgan fingerprint density at radius 2 is 2.00 bits per heavy atom. The first kappa shape index (κ1) is 14.5. The Bertz CT molecular complexity index is 369. The summed E-state index contributed by atoms with van der Waals surface area (Å²) in [5, 5.41) is 18.6. The number of benzene rings is 1. The number of ether oxygens (including phenoxy) is 1. The minimum Gasteiger partial charge on any atom is -0.465 e. The summed E-state index contributed by atoms with van der Waals surface area (Å²) < 4.78 is 5.11. The van der Waals surface area contributed by atoms with E-state index in [0.29, 0.717) is 0 Å². The highest BCUT2D eigenvalue weighted by Gasteiger charge is 2.27. The number of rotatable bonds is 6. The standard InChI is InChI=1S/C13H19NO4/c1-10(18-2)12(9-15)14(13(16)17)8-11-6-4-3-5-7-11/h3-7,10,12,15H,8-9H2,1-2H3,(H,16,17)/t10-,12+/m0/s1. The average Bonchev–Trinajstić information content (AvgIpc) is 2.39. The first-order valence-corrected chi connectivity index (χ1v) is 5.77. The Morgan fingerprint density at radius 1 is 1.39 bits per heavy atom. The number of carbonyl (C=O) groups is 1. The van der Waals surface area contributed by atoms with E-state index >= 15 is 0 Å². The molecule has 0 saturated carbocycles. The number of hydrogen-bond donors (Lipinski definition) is 2. The van der Waals surface area contributed by atoms with Gasteiger partial charge in [-0.15, -0.1) is 0 Å². The fourth-order valence-corrected chi connectivity index (χ4v) is 1.76. The maximum atomic E-state index is 11.3. The Morgan fingerprint density at radius 3 is 2.44 bits per heavy atom. The Balaban J connectivity index is 2.85. The fourth-order valence-electron chi connectivity index (χ4n) is 1.76. The van der Waals surface area contributed by atoms with E-state index in [2.05, 4.69) is 0 Å². The van der Waals surface area contributed by atoms with Crippen molar-refractivity contribution in [2.75, 3.05) is 13.7 Å². The number of aliphatic hydroxyl groups excluding tert-OH is 1. The van der Waals surface area contributed by atoms with Crippen LogP contribution in [0.4, 0.5) is 4.79 Å². The number of carboxylic acid groups (broad SMARTS) is 1. The summed E-state index contributed by atoms with van der Waals surface area (Å²) >= 11 is 0. The molecule has 2 atom stereocenters. The molecule has 100 valence electrons. The molecule has 0 aromatic heterocycles. The van der Waals surface area contributed by atoms with Gasteiger partial charge in [-0.3, -0.25) is 4.90 Å².